The van der Waals surface area contributed by atoms with Crippen molar-refractivity contribution in [2.45, 2.75) is 6.61 Å². The fourth-order valence-corrected chi connectivity index (χ4v) is 2.07. The summed E-state index contributed by atoms with van der Waals surface area (Å²) < 4.78 is 0. The Morgan fingerprint density at radius 1 is 1.12 bits per heavy atom. The molecule has 1 aromatic carbocycles. The van der Waals surface area contributed by atoms with Crippen molar-refractivity contribution in [2.75, 3.05) is 5.73 Å². The average molecular weight is 269 g/mol. The smallest absolute Gasteiger partial charge is 0.131 e. The summed E-state index contributed by atoms with van der Waals surface area (Å²) in [5.41, 5.74) is 7.97. The van der Waals surface area contributed by atoms with Gasteiger partial charge in [-0.1, -0.05) is 23.2 Å². The zero-order valence-electron chi connectivity index (χ0n) is 8.82. The number of pyridine rings is 1. The number of hydrogen-bond acceptors (Lipinski definition) is 3. The molecule has 0 bridgehead atoms. The number of nitrogen functional groups attached to an aromatic ring is 1. The molecular formula is C12H10Cl2N2O. The summed E-state index contributed by atoms with van der Waals surface area (Å²) >= 11 is 11.9. The van der Waals surface area contributed by atoms with E-state index in [0.717, 1.165) is 5.56 Å². The van der Waals surface area contributed by atoms with E-state index in [1.807, 2.05) is 0 Å². The van der Waals surface area contributed by atoms with Gasteiger partial charge in [-0.05, 0) is 35.4 Å². The third-order valence-electron chi connectivity index (χ3n) is 2.33. The minimum absolute atomic E-state index is 0.0887. The highest BCUT2D eigenvalue weighted by atomic mass is 35.5. The molecule has 3 N–H and O–H groups in total. The molecule has 0 aliphatic carbocycles. The minimum Gasteiger partial charge on any atom is -0.392 e. The summed E-state index contributed by atoms with van der Waals surface area (Å²) in [4.78, 5) is 4.02. The molecule has 0 unspecified atom stereocenters. The van der Waals surface area contributed by atoms with Gasteiger partial charge < -0.3 is 10.8 Å². The first-order valence-corrected chi connectivity index (χ1v) is 5.67. The van der Waals surface area contributed by atoms with E-state index in [1.54, 1.807) is 24.3 Å². The highest BCUT2D eigenvalue weighted by molar-refractivity contribution is 6.35. The van der Waals surface area contributed by atoms with Crippen molar-refractivity contribution in [1.29, 1.82) is 0 Å². The molecule has 1 heterocycles. The molecule has 0 amide bonds. The van der Waals surface area contributed by atoms with Crippen LogP contribution in [0.3, 0.4) is 0 Å². The molecule has 0 aliphatic heterocycles. The average Bonchev–Trinajstić information content (AvgIpc) is 2.28. The van der Waals surface area contributed by atoms with Crippen LogP contribution in [0.4, 0.5) is 5.82 Å². The Kier molecular flexibility index (Phi) is 3.52. The standard InChI is InChI=1S/C12H10Cl2N2O/c13-9-2-8(3-10(14)4-9)11-1-7(6-17)5-16-12(11)15/h1-5,17H,6H2,(H2,15,16). The van der Waals surface area contributed by atoms with Crippen molar-refractivity contribution < 1.29 is 5.11 Å². The number of nitrogens with two attached hydrogens (primary N) is 1. The number of aliphatic hydroxyl groups excluding tert-OH is 1. The minimum atomic E-state index is -0.0887. The van der Waals surface area contributed by atoms with Gasteiger partial charge in [0.2, 0.25) is 0 Å². The first-order chi connectivity index (χ1) is 8.10. The molecule has 0 radical (unpaired) electrons. The van der Waals surface area contributed by atoms with E-state index >= 15 is 0 Å². The highest BCUT2D eigenvalue weighted by Crippen LogP contribution is 2.30. The molecular weight excluding hydrogens is 259 g/mol. The third-order valence-corrected chi connectivity index (χ3v) is 2.77. The van der Waals surface area contributed by atoms with Gasteiger partial charge in [-0.25, -0.2) is 4.98 Å². The molecule has 1 aromatic heterocycles. The molecule has 0 spiro atoms. The summed E-state index contributed by atoms with van der Waals surface area (Å²) in [6, 6.07) is 6.92. The molecule has 17 heavy (non-hydrogen) atoms. The first-order valence-electron chi connectivity index (χ1n) is 4.92. The van der Waals surface area contributed by atoms with Crippen LogP contribution in [0.5, 0.6) is 0 Å². The van der Waals surface area contributed by atoms with Crippen LogP contribution in [0.2, 0.25) is 10.0 Å². The molecule has 0 saturated carbocycles. The van der Waals surface area contributed by atoms with Gasteiger partial charge in [-0.3, -0.25) is 0 Å². The molecule has 88 valence electrons. The molecule has 0 saturated heterocycles. The number of aliphatic hydroxyl groups is 1. The maximum atomic E-state index is 9.08. The molecule has 0 atom stereocenters. The Hall–Kier alpha value is -1.29. The van der Waals surface area contributed by atoms with Crippen molar-refractivity contribution in [3.05, 3.63) is 46.1 Å². The van der Waals surface area contributed by atoms with Crippen molar-refractivity contribution in [2.24, 2.45) is 0 Å². The topological polar surface area (TPSA) is 59.1 Å². The van der Waals surface area contributed by atoms with Crippen LogP contribution in [-0.4, -0.2) is 10.1 Å². The van der Waals surface area contributed by atoms with Gasteiger partial charge in [0.1, 0.15) is 5.82 Å². The van der Waals surface area contributed by atoms with E-state index in [4.69, 9.17) is 34.0 Å². The number of benzene rings is 1. The lowest BCUT2D eigenvalue weighted by Gasteiger charge is -2.08. The van der Waals surface area contributed by atoms with Crippen molar-refractivity contribution >= 4 is 29.0 Å². The second kappa shape index (κ2) is 4.92. The summed E-state index contributed by atoms with van der Waals surface area (Å²) in [6.45, 7) is -0.0887. The van der Waals surface area contributed by atoms with Crippen LogP contribution in [-0.2, 0) is 6.61 Å². The quantitative estimate of drug-likeness (QED) is 0.880. The molecule has 2 rings (SSSR count). The summed E-state index contributed by atoms with van der Waals surface area (Å²) in [6.07, 6.45) is 1.53. The molecule has 3 nitrogen and oxygen atoms in total. The van der Waals surface area contributed by atoms with Gasteiger partial charge in [-0.2, -0.15) is 0 Å². The van der Waals surface area contributed by atoms with E-state index < -0.39 is 0 Å². The SMILES string of the molecule is Nc1ncc(CO)cc1-c1cc(Cl)cc(Cl)c1. The maximum absolute atomic E-state index is 9.08. The Labute approximate surface area is 109 Å². The summed E-state index contributed by atoms with van der Waals surface area (Å²) in [5, 5.41) is 10.1. The van der Waals surface area contributed by atoms with E-state index in [1.165, 1.54) is 6.20 Å². The normalized spacial score (nSPS) is 10.5. The van der Waals surface area contributed by atoms with E-state index in [0.29, 0.717) is 27.0 Å². The fourth-order valence-electron chi connectivity index (χ4n) is 1.55. The lowest BCUT2D eigenvalue weighted by Crippen LogP contribution is -1.96. The number of rotatable bonds is 2. The Bertz CT molecular complexity index is 538. The van der Waals surface area contributed by atoms with Crippen LogP contribution in [0.25, 0.3) is 11.1 Å². The van der Waals surface area contributed by atoms with Gasteiger partial charge in [0.15, 0.2) is 0 Å². The van der Waals surface area contributed by atoms with Gasteiger partial charge in [-0.15, -0.1) is 0 Å². The second-order valence-corrected chi connectivity index (χ2v) is 4.47. The largest absolute Gasteiger partial charge is 0.392 e. The molecule has 2 aromatic rings. The molecule has 0 fully saturated rings. The number of anilines is 1. The Morgan fingerprint density at radius 3 is 2.35 bits per heavy atom. The van der Waals surface area contributed by atoms with E-state index in [-0.39, 0.29) is 6.61 Å². The van der Waals surface area contributed by atoms with E-state index in [9.17, 15) is 0 Å². The highest BCUT2D eigenvalue weighted by Gasteiger charge is 2.07. The van der Waals surface area contributed by atoms with Crippen LogP contribution in [0.1, 0.15) is 5.56 Å². The maximum Gasteiger partial charge on any atom is 0.131 e. The monoisotopic (exact) mass is 268 g/mol. The van der Waals surface area contributed by atoms with Crippen molar-refractivity contribution in [3.63, 3.8) is 0 Å². The Morgan fingerprint density at radius 2 is 1.76 bits per heavy atom. The van der Waals surface area contributed by atoms with Crippen LogP contribution >= 0.6 is 23.2 Å². The summed E-state index contributed by atoms with van der Waals surface area (Å²) in [7, 11) is 0. The third kappa shape index (κ3) is 2.69. The van der Waals surface area contributed by atoms with Gasteiger partial charge >= 0.3 is 0 Å². The van der Waals surface area contributed by atoms with Crippen molar-refractivity contribution in [1.82, 2.24) is 4.98 Å². The van der Waals surface area contributed by atoms with Crippen LogP contribution < -0.4 is 5.73 Å². The summed E-state index contributed by atoms with van der Waals surface area (Å²) in [5.74, 6) is 0.375. The van der Waals surface area contributed by atoms with Gasteiger partial charge in [0.05, 0.1) is 6.61 Å². The van der Waals surface area contributed by atoms with E-state index in [2.05, 4.69) is 4.98 Å². The second-order valence-electron chi connectivity index (χ2n) is 3.59. The lowest BCUT2D eigenvalue weighted by molar-refractivity contribution is 0.281. The first kappa shape index (κ1) is 12.2. The molecule has 5 heteroatoms. The Balaban J connectivity index is 2.58. The molecule has 0 aliphatic rings. The number of nitrogens with zero attached hydrogens (tertiary/aromatic N) is 1. The zero-order chi connectivity index (χ0) is 12.4. The van der Waals surface area contributed by atoms with Crippen LogP contribution in [0, 0.1) is 0 Å². The fraction of sp³-hybridized carbons (Fsp3) is 0.0833. The number of aromatic nitrogens is 1. The predicted molar refractivity (Wildman–Crippen MR) is 70.0 cm³/mol. The number of hydrogen-bond donors (Lipinski definition) is 2. The number of halogens is 2. The van der Waals surface area contributed by atoms with Gasteiger partial charge in [0, 0.05) is 21.8 Å². The van der Waals surface area contributed by atoms with Crippen molar-refractivity contribution in [3.8, 4) is 11.1 Å². The predicted octanol–water partition coefficient (Wildman–Crippen LogP) is 3.13. The zero-order valence-corrected chi connectivity index (χ0v) is 10.3. The lowest BCUT2D eigenvalue weighted by atomic mass is 10.1. The van der Waals surface area contributed by atoms with Gasteiger partial charge in [0.25, 0.3) is 0 Å². The van der Waals surface area contributed by atoms with Crippen LogP contribution in [0.15, 0.2) is 30.5 Å².